The molecule has 1 amide bonds. The highest BCUT2D eigenvalue weighted by Crippen LogP contribution is 2.16. The van der Waals surface area contributed by atoms with Crippen LogP contribution in [0, 0.1) is 0 Å². The van der Waals surface area contributed by atoms with Crippen LogP contribution in [0.3, 0.4) is 0 Å². The van der Waals surface area contributed by atoms with Gasteiger partial charge in [0.15, 0.2) is 5.82 Å². The summed E-state index contributed by atoms with van der Waals surface area (Å²) in [6, 6.07) is 9.34. The van der Waals surface area contributed by atoms with Gasteiger partial charge in [-0.3, -0.25) is 4.79 Å². The molecular formula is C21H28N4O. The average Bonchev–Trinajstić information content (AvgIpc) is 2.97. The van der Waals surface area contributed by atoms with E-state index in [9.17, 15) is 4.79 Å². The van der Waals surface area contributed by atoms with Gasteiger partial charge in [0.1, 0.15) is 0 Å². The van der Waals surface area contributed by atoms with Gasteiger partial charge in [0.05, 0.1) is 0 Å². The fourth-order valence-corrected chi connectivity index (χ4v) is 3.42. The van der Waals surface area contributed by atoms with Crippen LogP contribution in [0.2, 0.25) is 0 Å². The Bertz CT molecular complexity index is 679. The highest BCUT2D eigenvalue weighted by atomic mass is 16.2. The van der Waals surface area contributed by atoms with Gasteiger partial charge in [0, 0.05) is 37.1 Å². The lowest BCUT2D eigenvalue weighted by atomic mass is 10.1. The van der Waals surface area contributed by atoms with Gasteiger partial charge >= 0.3 is 0 Å². The summed E-state index contributed by atoms with van der Waals surface area (Å²) in [5.74, 6) is 0.749. The zero-order chi connectivity index (χ0) is 18.2. The van der Waals surface area contributed by atoms with Gasteiger partial charge in [-0.25, -0.2) is 9.97 Å². The second-order valence-electron chi connectivity index (χ2n) is 6.99. The number of likely N-dealkylation sites (tertiary alicyclic amines) is 1. The molecule has 1 aliphatic heterocycles. The number of amides is 1. The average molecular weight is 352 g/mol. The van der Waals surface area contributed by atoms with Gasteiger partial charge in [0.25, 0.3) is 5.91 Å². The summed E-state index contributed by atoms with van der Waals surface area (Å²) in [5, 5.41) is 0. The summed E-state index contributed by atoms with van der Waals surface area (Å²) in [6.45, 7) is 4.29. The van der Waals surface area contributed by atoms with Gasteiger partial charge in [-0.1, -0.05) is 25.0 Å². The number of nitrogens with zero attached hydrogens (tertiary/aromatic N) is 4. The maximum atomic E-state index is 12.6. The van der Waals surface area contributed by atoms with Crippen molar-refractivity contribution in [1.29, 1.82) is 0 Å². The van der Waals surface area contributed by atoms with E-state index in [-0.39, 0.29) is 5.91 Å². The van der Waals surface area contributed by atoms with Crippen molar-refractivity contribution in [3.8, 4) is 11.4 Å². The van der Waals surface area contributed by atoms with E-state index in [1.54, 1.807) is 18.5 Å². The standard InChI is InChI=1S/C21H28N4O/c1-24(14-7-17-25-15-4-2-3-5-16-25)21(26)19-10-8-18(9-11-19)20-22-12-6-13-23-20/h6,8-13H,2-5,7,14-17H2,1H3. The lowest BCUT2D eigenvalue weighted by Gasteiger charge is -2.22. The Morgan fingerprint density at radius 1 is 1.04 bits per heavy atom. The molecule has 1 aromatic carbocycles. The van der Waals surface area contributed by atoms with Crippen molar-refractivity contribution < 1.29 is 4.79 Å². The lowest BCUT2D eigenvalue weighted by molar-refractivity contribution is 0.0788. The van der Waals surface area contributed by atoms with E-state index in [1.165, 1.54) is 38.8 Å². The highest BCUT2D eigenvalue weighted by Gasteiger charge is 2.13. The molecule has 5 heteroatoms. The van der Waals surface area contributed by atoms with Crippen LogP contribution in [0.4, 0.5) is 0 Å². The maximum absolute atomic E-state index is 12.6. The minimum Gasteiger partial charge on any atom is -0.342 e. The topological polar surface area (TPSA) is 49.3 Å². The molecule has 0 saturated carbocycles. The van der Waals surface area contributed by atoms with E-state index in [0.717, 1.165) is 25.1 Å². The third-order valence-electron chi connectivity index (χ3n) is 4.97. The Labute approximate surface area is 156 Å². The van der Waals surface area contributed by atoms with Crippen LogP contribution in [-0.4, -0.2) is 58.9 Å². The van der Waals surface area contributed by atoms with Crippen molar-refractivity contribution in [2.45, 2.75) is 32.1 Å². The van der Waals surface area contributed by atoms with Crippen molar-refractivity contribution in [3.63, 3.8) is 0 Å². The number of hydrogen-bond donors (Lipinski definition) is 0. The molecule has 138 valence electrons. The number of carbonyl (C=O) groups excluding carboxylic acids is 1. The molecule has 0 bridgehead atoms. The fourth-order valence-electron chi connectivity index (χ4n) is 3.42. The number of benzene rings is 1. The molecule has 0 unspecified atom stereocenters. The Morgan fingerprint density at radius 3 is 2.35 bits per heavy atom. The molecule has 1 aliphatic rings. The van der Waals surface area contributed by atoms with Crippen molar-refractivity contribution in [2.24, 2.45) is 0 Å². The number of carbonyl (C=O) groups is 1. The Morgan fingerprint density at radius 2 is 1.69 bits per heavy atom. The molecule has 0 N–H and O–H groups in total. The van der Waals surface area contributed by atoms with Crippen molar-refractivity contribution in [2.75, 3.05) is 33.2 Å². The molecule has 2 heterocycles. The van der Waals surface area contributed by atoms with Gasteiger partial charge in [-0.05, 0) is 57.1 Å². The normalized spacial score (nSPS) is 15.4. The van der Waals surface area contributed by atoms with Crippen LogP contribution in [0.5, 0.6) is 0 Å². The highest BCUT2D eigenvalue weighted by molar-refractivity contribution is 5.94. The van der Waals surface area contributed by atoms with Crippen molar-refractivity contribution in [1.82, 2.24) is 19.8 Å². The van der Waals surface area contributed by atoms with Gasteiger partial charge in [0.2, 0.25) is 0 Å². The third kappa shape index (κ3) is 5.11. The maximum Gasteiger partial charge on any atom is 0.253 e. The summed E-state index contributed by atoms with van der Waals surface area (Å²) >= 11 is 0. The van der Waals surface area contributed by atoms with Crippen LogP contribution >= 0.6 is 0 Å². The van der Waals surface area contributed by atoms with Crippen molar-refractivity contribution in [3.05, 3.63) is 48.3 Å². The third-order valence-corrected chi connectivity index (χ3v) is 4.97. The molecule has 1 aromatic heterocycles. The monoisotopic (exact) mass is 352 g/mol. The predicted octanol–water partition coefficient (Wildman–Crippen LogP) is 3.48. The van der Waals surface area contributed by atoms with E-state index in [4.69, 9.17) is 0 Å². The van der Waals surface area contributed by atoms with Gasteiger partial charge in [-0.15, -0.1) is 0 Å². The minimum absolute atomic E-state index is 0.0707. The van der Waals surface area contributed by atoms with E-state index in [2.05, 4.69) is 14.9 Å². The van der Waals surface area contributed by atoms with E-state index < -0.39 is 0 Å². The van der Waals surface area contributed by atoms with E-state index in [0.29, 0.717) is 11.4 Å². The molecule has 0 radical (unpaired) electrons. The largest absolute Gasteiger partial charge is 0.342 e. The first-order chi connectivity index (χ1) is 12.7. The smallest absolute Gasteiger partial charge is 0.253 e. The molecular weight excluding hydrogens is 324 g/mol. The van der Waals surface area contributed by atoms with Gasteiger partial charge in [-0.2, -0.15) is 0 Å². The summed E-state index contributed by atoms with van der Waals surface area (Å²) in [6.07, 6.45) is 9.81. The molecule has 2 aromatic rings. The van der Waals surface area contributed by atoms with Crippen LogP contribution < -0.4 is 0 Å². The summed E-state index contributed by atoms with van der Waals surface area (Å²) in [4.78, 5) is 25.5. The SMILES string of the molecule is CN(CCCN1CCCCCC1)C(=O)c1ccc(-c2ncccn2)cc1. The zero-order valence-corrected chi connectivity index (χ0v) is 15.6. The van der Waals surface area contributed by atoms with E-state index >= 15 is 0 Å². The quantitative estimate of drug-likeness (QED) is 0.799. The Kier molecular flexibility index (Phi) is 6.72. The molecule has 1 fully saturated rings. The first-order valence-electron chi connectivity index (χ1n) is 9.59. The number of aromatic nitrogens is 2. The molecule has 3 rings (SSSR count). The predicted molar refractivity (Wildman–Crippen MR) is 104 cm³/mol. The summed E-state index contributed by atoms with van der Waals surface area (Å²) < 4.78 is 0. The Hall–Kier alpha value is -2.27. The van der Waals surface area contributed by atoms with Crippen molar-refractivity contribution >= 4 is 5.91 Å². The number of hydrogen-bond acceptors (Lipinski definition) is 4. The van der Waals surface area contributed by atoms with Crippen LogP contribution in [-0.2, 0) is 0 Å². The van der Waals surface area contributed by atoms with Crippen LogP contribution in [0.25, 0.3) is 11.4 Å². The van der Waals surface area contributed by atoms with Gasteiger partial charge < -0.3 is 9.80 Å². The molecule has 0 aliphatic carbocycles. The number of rotatable bonds is 6. The first-order valence-corrected chi connectivity index (χ1v) is 9.59. The molecule has 0 atom stereocenters. The lowest BCUT2D eigenvalue weighted by Crippen LogP contribution is -2.32. The van der Waals surface area contributed by atoms with Crippen LogP contribution in [0.15, 0.2) is 42.7 Å². The molecule has 26 heavy (non-hydrogen) atoms. The summed E-state index contributed by atoms with van der Waals surface area (Å²) in [5.41, 5.74) is 1.63. The molecule has 1 saturated heterocycles. The van der Waals surface area contributed by atoms with Crippen LogP contribution in [0.1, 0.15) is 42.5 Å². The molecule has 5 nitrogen and oxygen atoms in total. The minimum atomic E-state index is 0.0707. The molecule has 0 spiro atoms. The van der Waals surface area contributed by atoms with E-state index in [1.807, 2.05) is 36.2 Å². The first kappa shape index (κ1) is 18.5. The fraction of sp³-hybridized carbons (Fsp3) is 0.476. The Balaban J connectivity index is 1.50. The second kappa shape index (κ2) is 9.43. The zero-order valence-electron chi connectivity index (χ0n) is 15.6. The summed E-state index contributed by atoms with van der Waals surface area (Å²) in [7, 11) is 1.89. The second-order valence-corrected chi connectivity index (χ2v) is 6.99.